The highest BCUT2D eigenvalue weighted by molar-refractivity contribution is 7.91. The Morgan fingerprint density at radius 3 is 2.95 bits per heavy atom. The third-order valence-corrected chi connectivity index (χ3v) is 5.65. The Kier molecular flexibility index (Phi) is 5.98. The molecule has 118 valence electrons. The van der Waals surface area contributed by atoms with Gasteiger partial charge in [-0.1, -0.05) is 11.6 Å². The van der Waals surface area contributed by atoms with Crippen LogP contribution in [0.15, 0.2) is 18.3 Å². The van der Waals surface area contributed by atoms with Crippen LogP contribution in [0.1, 0.15) is 18.4 Å². The van der Waals surface area contributed by atoms with Crippen molar-refractivity contribution in [2.75, 3.05) is 31.8 Å². The van der Waals surface area contributed by atoms with Gasteiger partial charge in [0.1, 0.15) is 5.15 Å². The molecule has 0 saturated carbocycles. The number of methoxy groups -OCH3 is 1. The van der Waals surface area contributed by atoms with Gasteiger partial charge in [-0.3, -0.25) is 4.90 Å². The summed E-state index contributed by atoms with van der Waals surface area (Å²) in [5.74, 6) is 0.536. The van der Waals surface area contributed by atoms with Crippen LogP contribution in [0.3, 0.4) is 0 Å². The molecule has 0 N–H and O–H groups in total. The first-order chi connectivity index (χ1) is 10.00. The SMILES string of the molecule is COCCCN(Cc1ccnc(Cl)c1)[C@H]1CCS(=O)(=O)C1. The lowest BCUT2D eigenvalue weighted by Crippen LogP contribution is -2.36. The van der Waals surface area contributed by atoms with Gasteiger partial charge in [-0.25, -0.2) is 13.4 Å². The maximum atomic E-state index is 11.7. The topological polar surface area (TPSA) is 59.5 Å². The van der Waals surface area contributed by atoms with Crippen LogP contribution in [0.5, 0.6) is 0 Å². The van der Waals surface area contributed by atoms with Gasteiger partial charge in [0.05, 0.1) is 11.5 Å². The van der Waals surface area contributed by atoms with Crippen molar-refractivity contribution in [3.05, 3.63) is 29.0 Å². The molecule has 0 aromatic carbocycles. The van der Waals surface area contributed by atoms with Crippen LogP contribution in [0.4, 0.5) is 0 Å². The van der Waals surface area contributed by atoms with Crippen molar-refractivity contribution >= 4 is 21.4 Å². The second-order valence-corrected chi connectivity index (χ2v) is 7.98. The number of ether oxygens (including phenoxy) is 1. The van der Waals surface area contributed by atoms with E-state index < -0.39 is 9.84 Å². The first kappa shape index (κ1) is 16.7. The van der Waals surface area contributed by atoms with Gasteiger partial charge >= 0.3 is 0 Å². The fourth-order valence-electron chi connectivity index (χ4n) is 2.64. The second-order valence-electron chi connectivity index (χ2n) is 5.36. The summed E-state index contributed by atoms with van der Waals surface area (Å²) in [7, 11) is -1.21. The lowest BCUT2D eigenvalue weighted by atomic mass is 10.1. The Hall–Kier alpha value is -0.690. The molecule has 5 nitrogen and oxygen atoms in total. The lowest BCUT2D eigenvalue weighted by molar-refractivity contribution is 0.150. The van der Waals surface area contributed by atoms with E-state index >= 15 is 0 Å². The fourth-order valence-corrected chi connectivity index (χ4v) is 4.60. The Morgan fingerprint density at radius 2 is 2.33 bits per heavy atom. The molecule has 1 atom stereocenters. The first-order valence-electron chi connectivity index (χ1n) is 7.04. The van der Waals surface area contributed by atoms with Crippen molar-refractivity contribution < 1.29 is 13.2 Å². The van der Waals surface area contributed by atoms with Gasteiger partial charge in [-0.2, -0.15) is 0 Å². The minimum Gasteiger partial charge on any atom is -0.385 e. The van der Waals surface area contributed by atoms with Crippen LogP contribution < -0.4 is 0 Å². The van der Waals surface area contributed by atoms with E-state index in [1.807, 2.05) is 12.1 Å². The maximum absolute atomic E-state index is 11.7. The predicted molar refractivity (Wildman–Crippen MR) is 83.2 cm³/mol. The quantitative estimate of drug-likeness (QED) is 0.562. The smallest absolute Gasteiger partial charge is 0.151 e. The Bertz CT molecular complexity index is 565. The second kappa shape index (κ2) is 7.54. The standard InChI is InChI=1S/C14H21ClN2O3S/c1-20-7-2-6-17(13-4-8-21(18,19)11-13)10-12-3-5-16-14(15)9-12/h3,5,9,13H,2,4,6-8,10-11H2,1H3/t13-/m0/s1. The molecule has 0 radical (unpaired) electrons. The highest BCUT2D eigenvalue weighted by Crippen LogP contribution is 2.21. The predicted octanol–water partition coefficient (Wildman–Crippen LogP) is 1.76. The van der Waals surface area contributed by atoms with E-state index in [1.165, 1.54) is 0 Å². The molecule has 1 fully saturated rings. The molecule has 1 aromatic heterocycles. The Morgan fingerprint density at radius 1 is 1.52 bits per heavy atom. The van der Waals surface area contributed by atoms with E-state index in [9.17, 15) is 8.42 Å². The van der Waals surface area contributed by atoms with Gasteiger partial charge in [0.15, 0.2) is 9.84 Å². The van der Waals surface area contributed by atoms with Crippen molar-refractivity contribution in [2.24, 2.45) is 0 Å². The van der Waals surface area contributed by atoms with Crippen LogP contribution in [-0.2, 0) is 21.1 Å². The molecule has 1 saturated heterocycles. The van der Waals surface area contributed by atoms with Crippen molar-refractivity contribution in [3.8, 4) is 0 Å². The van der Waals surface area contributed by atoms with E-state index in [4.69, 9.17) is 16.3 Å². The molecular weight excluding hydrogens is 312 g/mol. The summed E-state index contributed by atoms with van der Waals surface area (Å²) in [4.78, 5) is 6.19. The van der Waals surface area contributed by atoms with E-state index in [0.717, 1.165) is 18.5 Å². The monoisotopic (exact) mass is 332 g/mol. The van der Waals surface area contributed by atoms with E-state index in [0.29, 0.717) is 24.7 Å². The molecule has 2 rings (SSSR count). The highest BCUT2D eigenvalue weighted by Gasteiger charge is 2.32. The number of nitrogens with zero attached hydrogens (tertiary/aromatic N) is 2. The average Bonchev–Trinajstić information content (AvgIpc) is 2.78. The lowest BCUT2D eigenvalue weighted by Gasteiger charge is -2.28. The molecule has 0 unspecified atom stereocenters. The summed E-state index contributed by atoms with van der Waals surface area (Å²) in [5, 5.41) is 0.461. The number of hydrogen-bond donors (Lipinski definition) is 0. The average molecular weight is 333 g/mol. The van der Waals surface area contributed by atoms with E-state index in [-0.39, 0.29) is 17.5 Å². The zero-order valence-electron chi connectivity index (χ0n) is 12.2. The van der Waals surface area contributed by atoms with Crippen LogP contribution in [0.25, 0.3) is 0 Å². The molecule has 2 heterocycles. The molecule has 0 amide bonds. The number of hydrogen-bond acceptors (Lipinski definition) is 5. The number of rotatable bonds is 7. The van der Waals surface area contributed by atoms with Gasteiger partial charge in [0.2, 0.25) is 0 Å². The first-order valence-corrected chi connectivity index (χ1v) is 9.24. The summed E-state index contributed by atoms with van der Waals surface area (Å²) in [6, 6.07) is 3.83. The van der Waals surface area contributed by atoms with Crippen LogP contribution in [0.2, 0.25) is 5.15 Å². The fraction of sp³-hybridized carbons (Fsp3) is 0.643. The number of pyridine rings is 1. The van der Waals surface area contributed by atoms with E-state index in [1.54, 1.807) is 13.3 Å². The van der Waals surface area contributed by atoms with E-state index in [2.05, 4.69) is 9.88 Å². The summed E-state index contributed by atoms with van der Waals surface area (Å²) in [6.07, 6.45) is 3.26. The number of sulfone groups is 1. The molecule has 1 aliphatic rings. The number of aromatic nitrogens is 1. The van der Waals surface area contributed by atoms with Gasteiger partial charge < -0.3 is 4.74 Å². The summed E-state index contributed by atoms with van der Waals surface area (Å²) >= 11 is 5.91. The van der Waals surface area contributed by atoms with Crippen molar-refractivity contribution in [1.29, 1.82) is 0 Å². The Labute approximate surface area is 131 Å². The molecule has 0 bridgehead atoms. The van der Waals surface area contributed by atoms with Crippen LogP contribution in [-0.4, -0.2) is 56.1 Å². The zero-order chi connectivity index (χ0) is 15.3. The van der Waals surface area contributed by atoms with Crippen molar-refractivity contribution in [2.45, 2.75) is 25.4 Å². The van der Waals surface area contributed by atoms with Crippen molar-refractivity contribution in [3.63, 3.8) is 0 Å². The minimum absolute atomic E-state index is 0.0822. The maximum Gasteiger partial charge on any atom is 0.151 e. The van der Waals surface area contributed by atoms with Crippen LogP contribution in [0, 0.1) is 0 Å². The zero-order valence-corrected chi connectivity index (χ0v) is 13.7. The van der Waals surface area contributed by atoms with Gasteiger partial charge in [-0.15, -0.1) is 0 Å². The van der Waals surface area contributed by atoms with Crippen molar-refractivity contribution in [1.82, 2.24) is 9.88 Å². The highest BCUT2D eigenvalue weighted by atomic mass is 35.5. The largest absolute Gasteiger partial charge is 0.385 e. The molecule has 7 heteroatoms. The van der Waals surface area contributed by atoms with Gasteiger partial charge in [0.25, 0.3) is 0 Å². The normalized spacial score (nSPS) is 21.0. The van der Waals surface area contributed by atoms with Crippen LogP contribution >= 0.6 is 11.6 Å². The summed E-state index contributed by atoms with van der Waals surface area (Å²) in [5.41, 5.74) is 1.05. The third-order valence-electron chi connectivity index (χ3n) is 3.70. The molecule has 21 heavy (non-hydrogen) atoms. The third kappa shape index (κ3) is 5.21. The summed E-state index contributed by atoms with van der Waals surface area (Å²) < 4.78 is 28.5. The number of halogens is 1. The molecule has 1 aliphatic heterocycles. The minimum atomic E-state index is -2.88. The summed E-state index contributed by atoms with van der Waals surface area (Å²) in [6.45, 7) is 2.17. The molecular formula is C14H21ClN2O3S. The Balaban J connectivity index is 2.05. The molecule has 1 aromatic rings. The molecule has 0 spiro atoms. The van der Waals surface area contributed by atoms with Gasteiger partial charge in [0, 0.05) is 39.0 Å². The molecule has 0 aliphatic carbocycles. The van der Waals surface area contributed by atoms with Gasteiger partial charge in [-0.05, 0) is 30.5 Å².